The Labute approximate surface area is 141 Å². The molecule has 0 saturated heterocycles. The lowest BCUT2D eigenvalue weighted by atomic mass is 10.1. The van der Waals surface area contributed by atoms with Crippen LogP contribution in [0.5, 0.6) is 5.75 Å². The van der Waals surface area contributed by atoms with Gasteiger partial charge >= 0.3 is 0 Å². The van der Waals surface area contributed by atoms with E-state index in [9.17, 15) is 5.11 Å². The Kier molecular flexibility index (Phi) is 3.82. The van der Waals surface area contributed by atoms with Crippen molar-refractivity contribution in [2.24, 2.45) is 0 Å². The van der Waals surface area contributed by atoms with E-state index in [2.05, 4.69) is 29.4 Å². The van der Waals surface area contributed by atoms with Crippen LogP contribution in [0.1, 0.15) is 22.4 Å². The fraction of sp³-hybridized carbons (Fsp3) is 0.250. The largest absolute Gasteiger partial charge is 0.489 e. The molecule has 3 aromatic rings. The number of nitrogens with zero attached hydrogens (tertiary/aromatic N) is 2. The summed E-state index contributed by atoms with van der Waals surface area (Å²) in [7, 11) is 0. The zero-order valence-electron chi connectivity index (χ0n) is 13.7. The van der Waals surface area contributed by atoms with Crippen molar-refractivity contribution in [1.82, 2.24) is 9.78 Å². The van der Waals surface area contributed by atoms with E-state index in [-0.39, 0.29) is 6.61 Å². The van der Waals surface area contributed by atoms with Gasteiger partial charge in [-0.15, -0.1) is 0 Å². The zero-order valence-corrected chi connectivity index (χ0v) is 13.7. The van der Waals surface area contributed by atoms with Gasteiger partial charge in [-0.2, -0.15) is 5.10 Å². The van der Waals surface area contributed by atoms with Crippen LogP contribution in [0.3, 0.4) is 0 Å². The number of aliphatic hydroxyl groups is 1. The minimum Gasteiger partial charge on any atom is -0.489 e. The molecule has 0 unspecified atom stereocenters. The monoisotopic (exact) mass is 320 g/mol. The maximum atomic E-state index is 9.25. The molecule has 2 aromatic carbocycles. The van der Waals surface area contributed by atoms with Crippen molar-refractivity contribution in [3.63, 3.8) is 0 Å². The molecule has 0 atom stereocenters. The van der Waals surface area contributed by atoms with Crippen molar-refractivity contribution < 1.29 is 9.84 Å². The van der Waals surface area contributed by atoms with Crippen LogP contribution in [0, 0.1) is 6.92 Å². The summed E-state index contributed by atoms with van der Waals surface area (Å²) >= 11 is 0. The van der Waals surface area contributed by atoms with E-state index >= 15 is 0 Å². The van der Waals surface area contributed by atoms with E-state index in [1.807, 2.05) is 35.9 Å². The maximum absolute atomic E-state index is 9.25. The van der Waals surface area contributed by atoms with Crippen LogP contribution in [0.4, 0.5) is 0 Å². The van der Waals surface area contributed by atoms with Gasteiger partial charge in [-0.1, -0.05) is 30.3 Å². The first kappa shape index (κ1) is 15.0. The molecule has 1 N–H and O–H groups in total. The fourth-order valence-corrected chi connectivity index (χ4v) is 3.36. The van der Waals surface area contributed by atoms with E-state index in [1.54, 1.807) is 0 Å². The molecule has 1 heterocycles. The number of ether oxygens (including phenoxy) is 1. The summed E-state index contributed by atoms with van der Waals surface area (Å²) in [6.45, 7) is 3.23. The maximum Gasteiger partial charge on any atom is 0.120 e. The van der Waals surface area contributed by atoms with Gasteiger partial charge in [0.25, 0.3) is 0 Å². The lowest BCUT2D eigenvalue weighted by Crippen LogP contribution is -2.05. The molecule has 0 bridgehead atoms. The molecule has 1 aliphatic carbocycles. The van der Waals surface area contributed by atoms with Gasteiger partial charge in [0, 0.05) is 17.5 Å². The number of benzene rings is 2. The topological polar surface area (TPSA) is 47.3 Å². The zero-order chi connectivity index (χ0) is 16.5. The molecule has 1 aromatic heterocycles. The molecule has 122 valence electrons. The minimum atomic E-state index is 0.0984. The first-order valence-electron chi connectivity index (χ1n) is 8.23. The van der Waals surface area contributed by atoms with Crippen LogP contribution in [-0.4, -0.2) is 21.5 Å². The summed E-state index contributed by atoms with van der Waals surface area (Å²) < 4.78 is 7.86. The summed E-state index contributed by atoms with van der Waals surface area (Å²) in [6, 6.07) is 16.4. The lowest BCUT2D eigenvalue weighted by Gasteiger charge is -2.10. The second-order valence-corrected chi connectivity index (χ2v) is 6.13. The molecule has 4 rings (SSSR count). The number of hydrogen-bond acceptors (Lipinski definition) is 3. The number of hydrogen-bond donors (Lipinski definition) is 1. The highest BCUT2D eigenvalue weighted by molar-refractivity contribution is 5.75. The second-order valence-electron chi connectivity index (χ2n) is 6.13. The third kappa shape index (κ3) is 2.59. The molecule has 0 spiro atoms. The van der Waals surface area contributed by atoms with Crippen molar-refractivity contribution >= 4 is 0 Å². The second kappa shape index (κ2) is 6.13. The number of fused-ring (bicyclic) bond motifs is 3. The molecule has 0 radical (unpaired) electrons. The Morgan fingerprint density at radius 1 is 1.17 bits per heavy atom. The van der Waals surface area contributed by atoms with Crippen LogP contribution >= 0.6 is 0 Å². The summed E-state index contributed by atoms with van der Waals surface area (Å²) in [5.41, 5.74) is 7.08. The molecule has 0 amide bonds. The molecular formula is C20H20N2O2. The number of aromatic nitrogens is 2. The van der Waals surface area contributed by atoms with Crippen molar-refractivity contribution in [3.8, 4) is 17.0 Å². The quantitative estimate of drug-likeness (QED) is 0.613. The summed E-state index contributed by atoms with van der Waals surface area (Å²) in [5, 5.41) is 13.8. The van der Waals surface area contributed by atoms with E-state index in [1.165, 1.54) is 16.7 Å². The van der Waals surface area contributed by atoms with Gasteiger partial charge in [-0.05, 0) is 36.2 Å². The number of aliphatic hydroxyl groups excluding tert-OH is 1. The summed E-state index contributed by atoms with van der Waals surface area (Å²) in [4.78, 5) is 0. The molecule has 0 fully saturated rings. The first-order valence-corrected chi connectivity index (χ1v) is 8.23. The molecule has 4 nitrogen and oxygen atoms in total. The number of aryl methyl sites for hydroxylation is 1. The Morgan fingerprint density at radius 2 is 2.00 bits per heavy atom. The normalized spacial score (nSPS) is 12.1. The minimum absolute atomic E-state index is 0.0984. The van der Waals surface area contributed by atoms with Crippen LogP contribution in [0.15, 0.2) is 48.5 Å². The van der Waals surface area contributed by atoms with Gasteiger partial charge in [0.05, 0.1) is 24.5 Å². The molecule has 24 heavy (non-hydrogen) atoms. The van der Waals surface area contributed by atoms with Crippen molar-refractivity contribution in [1.29, 1.82) is 0 Å². The highest BCUT2D eigenvalue weighted by Crippen LogP contribution is 2.39. The van der Waals surface area contributed by atoms with Gasteiger partial charge in [0.2, 0.25) is 0 Å². The fourth-order valence-electron chi connectivity index (χ4n) is 3.36. The summed E-state index contributed by atoms with van der Waals surface area (Å²) in [6.07, 6.45) is 0.879. The average Bonchev–Trinajstić information content (AvgIpc) is 3.12. The molecule has 0 aliphatic heterocycles. The van der Waals surface area contributed by atoms with Gasteiger partial charge in [0.1, 0.15) is 12.4 Å². The van der Waals surface area contributed by atoms with E-state index in [4.69, 9.17) is 4.74 Å². The van der Waals surface area contributed by atoms with E-state index < -0.39 is 0 Å². The predicted octanol–water partition coefficient (Wildman–Crippen LogP) is 3.33. The highest BCUT2D eigenvalue weighted by Gasteiger charge is 2.26. The smallest absolute Gasteiger partial charge is 0.120 e. The Hall–Kier alpha value is -2.59. The Bertz CT molecular complexity index is 869. The van der Waals surface area contributed by atoms with E-state index in [0.29, 0.717) is 13.2 Å². The van der Waals surface area contributed by atoms with Crippen LogP contribution < -0.4 is 4.74 Å². The first-order chi connectivity index (χ1) is 11.8. The van der Waals surface area contributed by atoms with Crippen LogP contribution in [-0.2, 0) is 19.6 Å². The third-order valence-corrected chi connectivity index (χ3v) is 4.51. The third-order valence-electron chi connectivity index (χ3n) is 4.51. The molecule has 4 heteroatoms. The van der Waals surface area contributed by atoms with Crippen LogP contribution in [0.2, 0.25) is 0 Å². The Balaban J connectivity index is 1.59. The molecular weight excluding hydrogens is 300 g/mol. The molecule has 0 saturated carbocycles. The van der Waals surface area contributed by atoms with Crippen molar-refractivity contribution in [2.45, 2.75) is 26.5 Å². The Morgan fingerprint density at radius 3 is 2.79 bits per heavy atom. The highest BCUT2D eigenvalue weighted by atomic mass is 16.5. The van der Waals surface area contributed by atoms with Gasteiger partial charge in [0.15, 0.2) is 0 Å². The average molecular weight is 320 g/mol. The standard InChI is InChI=1S/C20H20N2O2/c1-14-19-12-16-11-17(24-13-15-5-3-2-4-6-15)7-8-18(16)20(19)22(21-14)9-10-23/h2-8,11,23H,9-10,12-13H2,1H3. The van der Waals surface area contributed by atoms with Gasteiger partial charge < -0.3 is 9.84 Å². The van der Waals surface area contributed by atoms with E-state index in [0.717, 1.165) is 29.1 Å². The van der Waals surface area contributed by atoms with Crippen LogP contribution in [0.25, 0.3) is 11.3 Å². The lowest BCUT2D eigenvalue weighted by molar-refractivity contribution is 0.270. The van der Waals surface area contributed by atoms with Gasteiger partial charge in [-0.3, -0.25) is 4.68 Å². The number of rotatable bonds is 5. The predicted molar refractivity (Wildman–Crippen MR) is 93.1 cm³/mol. The van der Waals surface area contributed by atoms with Gasteiger partial charge in [-0.25, -0.2) is 0 Å². The summed E-state index contributed by atoms with van der Waals surface area (Å²) in [5.74, 6) is 0.891. The molecule has 1 aliphatic rings. The van der Waals surface area contributed by atoms with Crippen molar-refractivity contribution in [2.75, 3.05) is 6.61 Å². The van der Waals surface area contributed by atoms with Crippen molar-refractivity contribution in [3.05, 3.63) is 70.9 Å². The SMILES string of the molecule is Cc1nn(CCO)c2c1Cc1cc(OCc3ccccc3)ccc1-2.